The van der Waals surface area contributed by atoms with Gasteiger partial charge in [-0.1, -0.05) is 11.2 Å². The van der Waals surface area contributed by atoms with Gasteiger partial charge in [0.25, 0.3) is 5.91 Å². The van der Waals surface area contributed by atoms with E-state index < -0.39 is 17.6 Å². The van der Waals surface area contributed by atoms with Gasteiger partial charge >= 0.3 is 0 Å². The van der Waals surface area contributed by atoms with Gasteiger partial charge in [-0.15, -0.1) is 0 Å². The van der Waals surface area contributed by atoms with E-state index in [0.29, 0.717) is 31.9 Å². The number of nitrogens with zero attached hydrogens (tertiary/aromatic N) is 2. The molecular weight excluding hydrogens is 341 g/mol. The van der Waals surface area contributed by atoms with E-state index in [0.717, 1.165) is 6.07 Å². The second kappa shape index (κ2) is 9.67. The van der Waals surface area contributed by atoms with Crippen molar-refractivity contribution >= 4 is 17.6 Å². The van der Waals surface area contributed by atoms with Crippen LogP contribution in [0.15, 0.2) is 34.9 Å². The number of hydrogen-bond donors (Lipinski definition) is 1. The summed E-state index contributed by atoms with van der Waals surface area (Å²) in [5.74, 6) is -0.510. The normalized spacial score (nSPS) is 10.6. The molecule has 1 N–H and O–H groups in total. The number of aryl methyl sites for hydroxylation is 1. The Hall–Kier alpha value is -2.74. The number of anilines is 1. The summed E-state index contributed by atoms with van der Waals surface area (Å²) in [6.07, 6.45) is 0.561. The SMILES string of the molecule is CCOCCCN(CC(=O)Nc1cc(C)on1)C(=O)c1cccc(F)c1. The Kier molecular flexibility index (Phi) is 7.28. The number of benzene rings is 1. The van der Waals surface area contributed by atoms with Crippen molar-refractivity contribution in [2.75, 3.05) is 31.6 Å². The van der Waals surface area contributed by atoms with Crippen LogP contribution in [0.3, 0.4) is 0 Å². The molecule has 2 rings (SSSR count). The van der Waals surface area contributed by atoms with Crippen LogP contribution in [0.4, 0.5) is 10.2 Å². The summed E-state index contributed by atoms with van der Waals surface area (Å²) in [5.41, 5.74) is 0.187. The standard InChI is InChI=1S/C18H22FN3O4/c1-3-25-9-5-8-22(18(24)14-6-4-7-15(19)11-14)12-17(23)20-16-10-13(2)26-21-16/h4,6-7,10-11H,3,5,8-9,12H2,1-2H3,(H,20,21,23). The summed E-state index contributed by atoms with van der Waals surface area (Å²) >= 11 is 0. The average Bonchev–Trinajstić information content (AvgIpc) is 3.01. The predicted molar refractivity (Wildman–Crippen MR) is 93.3 cm³/mol. The number of carbonyl (C=O) groups excluding carboxylic acids is 2. The molecule has 0 bridgehead atoms. The minimum absolute atomic E-state index is 0.187. The topological polar surface area (TPSA) is 84.7 Å². The number of halogens is 1. The first-order chi connectivity index (χ1) is 12.5. The zero-order chi connectivity index (χ0) is 18.9. The number of nitrogens with one attached hydrogen (secondary N) is 1. The molecule has 0 aliphatic heterocycles. The number of aromatic nitrogens is 1. The van der Waals surface area contributed by atoms with Crippen LogP contribution in [0.5, 0.6) is 0 Å². The van der Waals surface area contributed by atoms with Crippen LogP contribution < -0.4 is 5.32 Å². The maximum Gasteiger partial charge on any atom is 0.254 e. The largest absolute Gasteiger partial charge is 0.382 e. The van der Waals surface area contributed by atoms with E-state index in [4.69, 9.17) is 9.26 Å². The van der Waals surface area contributed by atoms with Gasteiger partial charge in [0, 0.05) is 31.4 Å². The molecule has 0 spiro atoms. The molecule has 0 saturated heterocycles. The summed E-state index contributed by atoms with van der Waals surface area (Å²) < 4.78 is 23.6. The number of carbonyl (C=O) groups is 2. The Morgan fingerprint density at radius 1 is 1.35 bits per heavy atom. The second-order valence-electron chi connectivity index (χ2n) is 5.66. The fourth-order valence-corrected chi connectivity index (χ4v) is 2.34. The van der Waals surface area contributed by atoms with Gasteiger partial charge in [0.15, 0.2) is 5.82 Å². The van der Waals surface area contributed by atoms with Gasteiger partial charge < -0.3 is 19.5 Å². The Morgan fingerprint density at radius 2 is 2.15 bits per heavy atom. The molecule has 8 heteroatoms. The molecule has 26 heavy (non-hydrogen) atoms. The lowest BCUT2D eigenvalue weighted by Crippen LogP contribution is -2.39. The highest BCUT2D eigenvalue weighted by atomic mass is 19.1. The van der Waals surface area contributed by atoms with E-state index in [1.807, 2.05) is 6.92 Å². The van der Waals surface area contributed by atoms with Crippen LogP contribution in [0.1, 0.15) is 29.5 Å². The molecule has 0 radical (unpaired) electrons. The van der Waals surface area contributed by atoms with Crippen molar-refractivity contribution in [1.29, 1.82) is 0 Å². The highest BCUT2D eigenvalue weighted by Gasteiger charge is 2.19. The zero-order valence-corrected chi connectivity index (χ0v) is 14.8. The third-order valence-electron chi connectivity index (χ3n) is 3.51. The molecule has 1 aromatic heterocycles. The Morgan fingerprint density at radius 3 is 2.81 bits per heavy atom. The molecule has 7 nitrogen and oxygen atoms in total. The summed E-state index contributed by atoms with van der Waals surface area (Å²) in [6.45, 7) is 4.74. The van der Waals surface area contributed by atoms with Gasteiger partial charge in [0.2, 0.25) is 5.91 Å². The minimum atomic E-state index is -0.507. The molecule has 140 valence electrons. The molecule has 0 saturated carbocycles. The van der Waals surface area contributed by atoms with Gasteiger partial charge in [-0.3, -0.25) is 9.59 Å². The van der Waals surface area contributed by atoms with Gasteiger partial charge in [-0.25, -0.2) is 4.39 Å². The van der Waals surface area contributed by atoms with E-state index in [1.54, 1.807) is 13.0 Å². The summed E-state index contributed by atoms with van der Waals surface area (Å²) in [4.78, 5) is 26.2. The van der Waals surface area contributed by atoms with Crippen LogP contribution in [-0.4, -0.2) is 48.2 Å². The fourth-order valence-electron chi connectivity index (χ4n) is 2.34. The lowest BCUT2D eigenvalue weighted by molar-refractivity contribution is -0.117. The van der Waals surface area contributed by atoms with Crippen molar-refractivity contribution in [2.45, 2.75) is 20.3 Å². The minimum Gasteiger partial charge on any atom is -0.382 e. The van der Waals surface area contributed by atoms with Crippen molar-refractivity contribution in [3.05, 3.63) is 47.5 Å². The summed E-state index contributed by atoms with van der Waals surface area (Å²) in [6, 6.07) is 6.96. The Balaban J connectivity index is 2.04. The fraction of sp³-hybridized carbons (Fsp3) is 0.389. The molecule has 2 amide bonds. The smallest absolute Gasteiger partial charge is 0.254 e. The van der Waals surface area contributed by atoms with Gasteiger partial charge in [-0.2, -0.15) is 0 Å². The average molecular weight is 363 g/mol. The van der Waals surface area contributed by atoms with Crippen LogP contribution in [-0.2, 0) is 9.53 Å². The second-order valence-corrected chi connectivity index (χ2v) is 5.66. The van der Waals surface area contributed by atoms with Crippen LogP contribution in [0, 0.1) is 12.7 Å². The van der Waals surface area contributed by atoms with E-state index in [2.05, 4.69) is 10.5 Å². The first-order valence-electron chi connectivity index (χ1n) is 8.35. The number of hydrogen-bond acceptors (Lipinski definition) is 5. The first kappa shape index (κ1) is 19.6. The number of rotatable bonds is 9. The number of ether oxygens (including phenoxy) is 1. The zero-order valence-electron chi connectivity index (χ0n) is 14.8. The van der Waals surface area contributed by atoms with Crippen molar-refractivity contribution < 1.29 is 23.2 Å². The van der Waals surface area contributed by atoms with Crippen molar-refractivity contribution in [1.82, 2.24) is 10.1 Å². The van der Waals surface area contributed by atoms with Gasteiger partial charge in [-0.05, 0) is 38.5 Å². The highest BCUT2D eigenvalue weighted by molar-refractivity contribution is 5.99. The Bertz CT molecular complexity index is 748. The highest BCUT2D eigenvalue weighted by Crippen LogP contribution is 2.10. The van der Waals surface area contributed by atoms with Crippen LogP contribution >= 0.6 is 0 Å². The quantitative estimate of drug-likeness (QED) is 0.693. The van der Waals surface area contributed by atoms with E-state index in [1.165, 1.54) is 23.1 Å². The molecule has 1 heterocycles. The molecular formula is C18H22FN3O4. The van der Waals surface area contributed by atoms with Crippen molar-refractivity contribution in [3.63, 3.8) is 0 Å². The molecule has 0 fully saturated rings. The molecule has 0 aliphatic rings. The van der Waals surface area contributed by atoms with Gasteiger partial charge in [0.05, 0.1) is 0 Å². The van der Waals surface area contributed by atoms with E-state index in [9.17, 15) is 14.0 Å². The third-order valence-corrected chi connectivity index (χ3v) is 3.51. The predicted octanol–water partition coefficient (Wildman–Crippen LogP) is 2.63. The monoisotopic (exact) mass is 363 g/mol. The maximum absolute atomic E-state index is 13.4. The molecule has 0 atom stereocenters. The summed E-state index contributed by atoms with van der Waals surface area (Å²) in [5, 5.41) is 6.25. The summed E-state index contributed by atoms with van der Waals surface area (Å²) in [7, 11) is 0. The van der Waals surface area contributed by atoms with Crippen molar-refractivity contribution in [2.24, 2.45) is 0 Å². The Labute approximate surface area is 151 Å². The molecule has 2 aromatic rings. The lowest BCUT2D eigenvalue weighted by atomic mass is 10.2. The molecule has 0 aliphatic carbocycles. The lowest BCUT2D eigenvalue weighted by Gasteiger charge is -2.22. The van der Waals surface area contributed by atoms with Crippen molar-refractivity contribution in [3.8, 4) is 0 Å². The van der Waals surface area contributed by atoms with Crippen LogP contribution in [0.25, 0.3) is 0 Å². The van der Waals surface area contributed by atoms with Crippen LogP contribution in [0.2, 0.25) is 0 Å². The van der Waals surface area contributed by atoms with E-state index >= 15 is 0 Å². The first-order valence-corrected chi connectivity index (χ1v) is 8.35. The molecule has 1 aromatic carbocycles. The number of amides is 2. The molecule has 0 unspecified atom stereocenters. The maximum atomic E-state index is 13.4. The third kappa shape index (κ3) is 5.96. The van der Waals surface area contributed by atoms with E-state index in [-0.39, 0.29) is 17.9 Å². The van der Waals surface area contributed by atoms with Gasteiger partial charge in [0.1, 0.15) is 18.1 Å².